The van der Waals surface area contributed by atoms with Gasteiger partial charge >= 0.3 is 0 Å². The molecular formula is C19H18N2O4S. The van der Waals surface area contributed by atoms with Crippen molar-refractivity contribution in [1.82, 2.24) is 0 Å². The van der Waals surface area contributed by atoms with Crippen LogP contribution >= 0.6 is 11.8 Å². The average molecular weight is 370 g/mol. The summed E-state index contributed by atoms with van der Waals surface area (Å²) >= 11 is 1.17. The molecule has 1 saturated heterocycles. The maximum absolute atomic E-state index is 12.7. The molecule has 134 valence electrons. The second-order valence-electron chi connectivity index (χ2n) is 5.66. The predicted molar refractivity (Wildman–Crippen MR) is 101 cm³/mol. The quantitative estimate of drug-likeness (QED) is 0.792. The fourth-order valence-electron chi connectivity index (χ4n) is 2.70. The van der Waals surface area contributed by atoms with Crippen LogP contribution in [0.2, 0.25) is 0 Å². The Labute approximate surface area is 155 Å². The van der Waals surface area contributed by atoms with E-state index in [4.69, 9.17) is 4.74 Å². The first-order valence-corrected chi connectivity index (χ1v) is 9.11. The summed E-state index contributed by atoms with van der Waals surface area (Å²) in [5.41, 5.74) is 1.13. The standard InChI is InChI=1S/C19H18N2O4S/c1-25-15-10-6-5-9-14(15)21-18(23)11-16(19(21)24)26-12-17(22)20-13-7-3-2-4-8-13/h2-10,16H,11-12H2,1H3,(H,20,22)/t16-/m0/s1. The second kappa shape index (κ2) is 8.05. The summed E-state index contributed by atoms with van der Waals surface area (Å²) in [5, 5.41) is 2.19. The fourth-order valence-corrected chi connectivity index (χ4v) is 3.63. The lowest BCUT2D eigenvalue weighted by Crippen LogP contribution is -2.31. The van der Waals surface area contributed by atoms with Crippen LogP contribution in [0.15, 0.2) is 54.6 Å². The van der Waals surface area contributed by atoms with E-state index in [0.29, 0.717) is 17.1 Å². The Hall–Kier alpha value is -2.80. The van der Waals surface area contributed by atoms with E-state index in [2.05, 4.69) is 5.32 Å². The van der Waals surface area contributed by atoms with Gasteiger partial charge in [0.25, 0.3) is 0 Å². The van der Waals surface area contributed by atoms with Gasteiger partial charge in [-0.05, 0) is 24.3 Å². The number of hydrogen-bond donors (Lipinski definition) is 1. The van der Waals surface area contributed by atoms with E-state index in [1.807, 2.05) is 18.2 Å². The third-order valence-corrected chi connectivity index (χ3v) is 5.10. The highest BCUT2D eigenvalue weighted by atomic mass is 32.2. The molecule has 1 atom stereocenters. The van der Waals surface area contributed by atoms with E-state index in [9.17, 15) is 14.4 Å². The van der Waals surface area contributed by atoms with Crippen molar-refractivity contribution in [2.75, 3.05) is 23.1 Å². The van der Waals surface area contributed by atoms with Crippen LogP contribution in [0, 0.1) is 0 Å². The summed E-state index contributed by atoms with van der Waals surface area (Å²) in [6, 6.07) is 16.0. The molecule has 2 aromatic carbocycles. The molecule has 26 heavy (non-hydrogen) atoms. The van der Waals surface area contributed by atoms with Crippen molar-refractivity contribution in [1.29, 1.82) is 0 Å². The second-order valence-corrected chi connectivity index (χ2v) is 6.85. The van der Waals surface area contributed by atoms with Crippen LogP contribution in [0.25, 0.3) is 0 Å². The van der Waals surface area contributed by atoms with Gasteiger partial charge in [-0.15, -0.1) is 11.8 Å². The van der Waals surface area contributed by atoms with Gasteiger partial charge in [-0.3, -0.25) is 14.4 Å². The summed E-state index contributed by atoms with van der Waals surface area (Å²) in [6.45, 7) is 0. The van der Waals surface area contributed by atoms with Crippen LogP contribution in [-0.4, -0.2) is 35.8 Å². The van der Waals surface area contributed by atoms with E-state index < -0.39 is 5.25 Å². The number of amides is 3. The van der Waals surface area contributed by atoms with Crippen LogP contribution in [0.3, 0.4) is 0 Å². The number of methoxy groups -OCH3 is 1. The van der Waals surface area contributed by atoms with Crippen LogP contribution < -0.4 is 15.0 Å². The molecular weight excluding hydrogens is 352 g/mol. The zero-order chi connectivity index (χ0) is 18.5. The van der Waals surface area contributed by atoms with Gasteiger partial charge in [0.1, 0.15) is 5.75 Å². The number of hydrogen-bond acceptors (Lipinski definition) is 5. The third kappa shape index (κ3) is 3.88. The Morgan fingerprint density at radius 1 is 1.15 bits per heavy atom. The van der Waals surface area contributed by atoms with Gasteiger partial charge in [0.05, 0.1) is 23.8 Å². The average Bonchev–Trinajstić information content (AvgIpc) is 2.94. The number of benzene rings is 2. The number of carbonyl (C=O) groups excluding carboxylic acids is 3. The van der Waals surface area contributed by atoms with Gasteiger partial charge in [-0.25, -0.2) is 4.90 Å². The first-order chi connectivity index (χ1) is 12.6. The first-order valence-electron chi connectivity index (χ1n) is 8.06. The van der Waals surface area contributed by atoms with Gasteiger partial charge in [0.15, 0.2) is 0 Å². The molecule has 0 bridgehead atoms. The monoisotopic (exact) mass is 370 g/mol. The summed E-state index contributed by atoms with van der Waals surface area (Å²) in [4.78, 5) is 38.2. The van der Waals surface area contributed by atoms with Crippen molar-refractivity contribution in [2.24, 2.45) is 0 Å². The normalized spacial score (nSPS) is 16.7. The van der Waals surface area contributed by atoms with Crippen LogP contribution in [0.5, 0.6) is 5.75 Å². The van der Waals surface area contributed by atoms with E-state index in [1.165, 1.54) is 18.9 Å². The Kier molecular flexibility index (Phi) is 5.58. The molecule has 7 heteroatoms. The number of ether oxygens (including phenoxy) is 1. The maximum atomic E-state index is 12.7. The minimum atomic E-state index is -0.575. The Balaban J connectivity index is 1.63. The van der Waals surface area contributed by atoms with Crippen molar-refractivity contribution in [3.05, 3.63) is 54.6 Å². The predicted octanol–water partition coefficient (Wildman–Crippen LogP) is 2.70. The number of rotatable bonds is 6. The number of thioether (sulfide) groups is 1. The van der Waals surface area contributed by atoms with Gasteiger partial charge in [-0.2, -0.15) is 0 Å². The largest absolute Gasteiger partial charge is 0.495 e. The molecule has 0 aliphatic carbocycles. The molecule has 2 aromatic rings. The molecule has 0 aromatic heterocycles. The van der Waals surface area contributed by atoms with E-state index in [0.717, 1.165) is 4.90 Å². The minimum absolute atomic E-state index is 0.0696. The molecule has 0 saturated carbocycles. The van der Waals surface area contributed by atoms with Crippen LogP contribution in [0.1, 0.15) is 6.42 Å². The lowest BCUT2D eigenvalue weighted by atomic mass is 10.2. The van der Waals surface area contributed by atoms with Gasteiger partial charge in [0.2, 0.25) is 17.7 Å². The molecule has 1 aliphatic rings. The maximum Gasteiger partial charge on any atom is 0.247 e. The van der Waals surface area contributed by atoms with Gasteiger partial charge in [-0.1, -0.05) is 30.3 Å². The van der Waals surface area contributed by atoms with Gasteiger partial charge < -0.3 is 10.1 Å². The summed E-state index contributed by atoms with van der Waals surface area (Å²) in [6.07, 6.45) is 0.0696. The number of anilines is 2. The number of nitrogens with one attached hydrogen (secondary N) is 1. The van der Waals surface area contributed by atoms with E-state index in [-0.39, 0.29) is 29.9 Å². The zero-order valence-corrected chi connectivity index (χ0v) is 15.0. The Morgan fingerprint density at radius 2 is 1.85 bits per heavy atom. The van der Waals surface area contributed by atoms with E-state index in [1.54, 1.807) is 36.4 Å². The highest BCUT2D eigenvalue weighted by Gasteiger charge is 2.41. The molecule has 0 spiro atoms. The molecule has 6 nitrogen and oxygen atoms in total. The van der Waals surface area contributed by atoms with Crippen LogP contribution in [-0.2, 0) is 14.4 Å². The fraction of sp³-hybridized carbons (Fsp3) is 0.211. The lowest BCUT2D eigenvalue weighted by Gasteiger charge is -2.17. The molecule has 3 rings (SSSR count). The molecule has 3 amide bonds. The highest BCUT2D eigenvalue weighted by molar-refractivity contribution is 8.01. The molecule has 1 aliphatic heterocycles. The minimum Gasteiger partial charge on any atom is -0.495 e. The van der Waals surface area contributed by atoms with Crippen molar-refractivity contribution < 1.29 is 19.1 Å². The number of carbonyl (C=O) groups is 3. The van der Waals surface area contributed by atoms with Crippen LogP contribution in [0.4, 0.5) is 11.4 Å². The third-order valence-electron chi connectivity index (χ3n) is 3.90. The molecule has 1 heterocycles. The van der Waals surface area contributed by atoms with Gasteiger partial charge in [0, 0.05) is 12.1 Å². The smallest absolute Gasteiger partial charge is 0.247 e. The van der Waals surface area contributed by atoms with E-state index >= 15 is 0 Å². The first kappa shape index (κ1) is 18.0. The summed E-state index contributed by atoms with van der Waals surface area (Å²) < 4.78 is 5.24. The lowest BCUT2D eigenvalue weighted by molar-refractivity contribution is -0.121. The molecule has 0 unspecified atom stereocenters. The Bertz CT molecular complexity index is 825. The number of para-hydroxylation sites is 3. The number of nitrogens with zero attached hydrogens (tertiary/aromatic N) is 1. The van der Waals surface area contributed by atoms with Crippen molar-refractivity contribution in [3.63, 3.8) is 0 Å². The summed E-state index contributed by atoms with van der Waals surface area (Å²) in [5.74, 6) is -0.269. The topological polar surface area (TPSA) is 75.7 Å². The summed E-state index contributed by atoms with van der Waals surface area (Å²) in [7, 11) is 1.49. The van der Waals surface area contributed by atoms with Crippen molar-refractivity contribution >= 4 is 40.9 Å². The molecule has 1 N–H and O–H groups in total. The Morgan fingerprint density at radius 3 is 2.58 bits per heavy atom. The SMILES string of the molecule is COc1ccccc1N1C(=O)C[C@H](SCC(=O)Nc2ccccc2)C1=O. The molecule has 0 radical (unpaired) electrons. The number of imide groups is 1. The zero-order valence-electron chi connectivity index (χ0n) is 14.2. The molecule has 1 fully saturated rings. The van der Waals surface area contributed by atoms with Crippen molar-refractivity contribution in [3.8, 4) is 5.75 Å². The highest BCUT2D eigenvalue weighted by Crippen LogP contribution is 2.35. The van der Waals surface area contributed by atoms with Crippen molar-refractivity contribution in [2.45, 2.75) is 11.7 Å².